The van der Waals surface area contributed by atoms with E-state index in [2.05, 4.69) is 16.0 Å². The molecule has 0 saturated heterocycles. The van der Waals surface area contributed by atoms with Gasteiger partial charge in [0.15, 0.2) is 0 Å². The van der Waals surface area contributed by atoms with Crippen LogP contribution in [0.1, 0.15) is 41.6 Å². The van der Waals surface area contributed by atoms with Crippen LogP contribution in [0.2, 0.25) is 0 Å². The van der Waals surface area contributed by atoms with Crippen LogP contribution in [0.15, 0.2) is 42.6 Å². The minimum Gasteiger partial charge on any atom is -0.359 e. The van der Waals surface area contributed by atoms with E-state index in [0.717, 1.165) is 29.6 Å². The molecular weight excluding hydrogens is 324 g/mol. The van der Waals surface area contributed by atoms with Gasteiger partial charge in [0.1, 0.15) is 11.6 Å². The number of hydrogen-bond donors (Lipinski definition) is 1. The van der Waals surface area contributed by atoms with Crippen LogP contribution < -0.4 is 0 Å². The topological polar surface area (TPSA) is 72.8 Å². The lowest BCUT2D eigenvalue weighted by molar-refractivity contribution is 0.0735. The molecule has 5 heteroatoms. The Labute approximate surface area is 152 Å². The lowest BCUT2D eigenvalue weighted by Crippen LogP contribution is -2.35. The largest absolute Gasteiger partial charge is 0.359 e. The van der Waals surface area contributed by atoms with Gasteiger partial charge in [-0.3, -0.25) is 4.79 Å². The van der Waals surface area contributed by atoms with Gasteiger partial charge in [0.05, 0.1) is 16.8 Å². The number of nitrogens with one attached hydrogen (secondary N) is 1. The maximum atomic E-state index is 12.7. The van der Waals surface area contributed by atoms with Crippen LogP contribution in [0.4, 0.5) is 0 Å². The van der Waals surface area contributed by atoms with Crippen molar-refractivity contribution >= 4 is 16.9 Å². The molecule has 0 bridgehead atoms. The SMILES string of the molecule is CN(C(=O)c1ccc(-c2ccc3[nH]cc(C#N)c3n2)cc1)C1CCCC1. The molecule has 4 rings (SSSR count). The van der Waals surface area contributed by atoms with E-state index in [1.54, 1.807) is 6.20 Å². The van der Waals surface area contributed by atoms with Crippen LogP contribution in [0.5, 0.6) is 0 Å². The number of benzene rings is 1. The second kappa shape index (κ2) is 6.64. The Morgan fingerprint density at radius 3 is 2.62 bits per heavy atom. The zero-order chi connectivity index (χ0) is 18.1. The number of carbonyl (C=O) groups is 1. The lowest BCUT2D eigenvalue weighted by Gasteiger charge is -2.24. The maximum absolute atomic E-state index is 12.7. The first-order valence-corrected chi connectivity index (χ1v) is 8.93. The number of hydrogen-bond acceptors (Lipinski definition) is 3. The molecule has 0 radical (unpaired) electrons. The van der Waals surface area contributed by atoms with E-state index >= 15 is 0 Å². The first kappa shape index (κ1) is 16.3. The van der Waals surface area contributed by atoms with Gasteiger partial charge in [-0.25, -0.2) is 4.98 Å². The molecule has 0 atom stereocenters. The van der Waals surface area contributed by atoms with Gasteiger partial charge < -0.3 is 9.88 Å². The van der Waals surface area contributed by atoms with E-state index < -0.39 is 0 Å². The Morgan fingerprint density at radius 1 is 1.19 bits per heavy atom. The zero-order valence-corrected chi connectivity index (χ0v) is 14.7. The van der Waals surface area contributed by atoms with Crippen LogP contribution in [-0.2, 0) is 0 Å². The normalized spacial score (nSPS) is 14.5. The van der Waals surface area contributed by atoms with Crippen molar-refractivity contribution in [1.29, 1.82) is 5.26 Å². The molecule has 1 N–H and O–H groups in total. The Kier molecular flexibility index (Phi) is 4.18. The van der Waals surface area contributed by atoms with E-state index in [4.69, 9.17) is 0 Å². The number of nitriles is 1. The highest BCUT2D eigenvalue weighted by Gasteiger charge is 2.24. The first-order valence-electron chi connectivity index (χ1n) is 8.93. The third-order valence-corrected chi connectivity index (χ3v) is 5.26. The second-order valence-corrected chi connectivity index (χ2v) is 6.84. The van der Waals surface area contributed by atoms with Crippen LogP contribution >= 0.6 is 0 Å². The highest BCUT2D eigenvalue weighted by atomic mass is 16.2. The molecule has 26 heavy (non-hydrogen) atoms. The highest BCUT2D eigenvalue weighted by molar-refractivity contribution is 5.95. The van der Waals surface area contributed by atoms with Gasteiger partial charge in [0.2, 0.25) is 0 Å². The highest BCUT2D eigenvalue weighted by Crippen LogP contribution is 2.25. The molecule has 1 aliphatic carbocycles. The predicted molar refractivity (Wildman–Crippen MR) is 101 cm³/mol. The summed E-state index contributed by atoms with van der Waals surface area (Å²) in [5.41, 5.74) is 4.46. The van der Waals surface area contributed by atoms with E-state index in [9.17, 15) is 10.1 Å². The maximum Gasteiger partial charge on any atom is 0.253 e. The first-order chi connectivity index (χ1) is 12.7. The van der Waals surface area contributed by atoms with E-state index in [1.807, 2.05) is 48.3 Å². The number of H-pyrrole nitrogens is 1. The summed E-state index contributed by atoms with van der Waals surface area (Å²) in [6.07, 6.45) is 6.28. The molecule has 130 valence electrons. The van der Waals surface area contributed by atoms with Crippen LogP contribution in [0, 0.1) is 11.3 Å². The third-order valence-electron chi connectivity index (χ3n) is 5.26. The average Bonchev–Trinajstić information content (AvgIpc) is 3.36. The summed E-state index contributed by atoms with van der Waals surface area (Å²) in [5, 5.41) is 9.17. The Bertz CT molecular complexity index is 991. The standard InChI is InChI=1S/C21H20N4O/c1-25(17-4-2-3-5-17)21(26)15-8-6-14(7-9-15)18-10-11-19-20(24-18)16(12-22)13-23-19/h6-11,13,17,23H,2-5H2,1H3. The number of nitrogens with zero attached hydrogens (tertiary/aromatic N) is 3. The van der Waals surface area contributed by atoms with Gasteiger partial charge in [-0.05, 0) is 37.1 Å². The average molecular weight is 344 g/mol. The number of fused-ring (bicyclic) bond motifs is 1. The number of aromatic amines is 1. The molecule has 1 fully saturated rings. The fraction of sp³-hybridized carbons (Fsp3) is 0.286. The Morgan fingerprint density at radius 2 is 1.92 bits per heavy atom. The fourth-order valence-corrected chi connectivity index (χ4v) is 3.69. The van der Waals surface area contributed by atoms with Gasteiger partial charge in [-0.1, -0.05) is 25.0 Å². The van der Waals surface area contributed by atoms with Gasteiger partial charge in [0.25, 0.3) is 5.91 Å². The van der Waals surface area contributed by atoms with Gasteiger partial charge in [-0.15, -0.1) is 0 Å². The predicted octanol–water partition coefficient (Wildman–Crippen LogP) is 4.12. The van der Waals surface area contributed by atoms with Crippen molar-refractivity contribution in [3.63, 3.8) is 0 Å². The van der Waals surface area contributed by atoms with E-state index in [0.29, 0.717) is 22.7 Å². The third kappa shape index (κ3) is 2.84. The minimum absolute atomic E-state index is 0.0734. The van der Waals surface area contributed by atoms with Gasteiger partial charge >= 0.3 is 0 Å². The van der Waals surface area contributed by atoms with E-state index in [-0.39, 0.29) is 5.91 Å². The van der Waals surface area contributed by atoms with Gasteiger partial charge in [0, 0.05) is 30.4 Å². The monoisotopic (exact) mass is 344 g/mol. The summed E-state index contributed by atoms with van der Waals surface area (Å²) >= 11 is 0. The Balaban J connectivity index is 1.59. The van der Waals surface area contributed by atoms with Gasteiger partial charge in [-0.2, -0.15) is 5.26 Å². The number of pyridine rings is 1. The molecule has 1 aromatic carbocycles. The zero-order valence-electron chi connectivity index (χ0n) is 14.7. The van der Waals surface area contributed by atoms with Crippen molar-refractivity contribution in [2.75, 3.05) is 7.05 Å². The molecule has 2 heterocycles. The lowest BCUT2D eigenvalue weighted by atomic mass is 10.1. The summed E-state index contributed by atoms with van der Waals surface area (Å²) in [4.78, 5) is 22.2. The molecule has 1 saturated carbocycles. The number of amides is 1. The van der Waals surface area contributed by atoms with Crippen LogP contribution in [0.3, 0.4) is 0 Å². The number of carbonyl (C=O) groups excluding carboxylic acids is 1. The van der Waals surface area contributed by atoms with Crippen LogP contribution in [-0.4, -0.2) is 33.9 Å². The summed E-state index contributed by atoms with van der Waals surface area (Å²) in [7, 11) is 1.90. The van der Waals surface area contributed by atoms with Crippen molar-refractivity contribution in [2.24, 2.45) is 0 Å². The number of aromatic nitrogens is 2. The Hall–Kier alpha value is -3.13. The smallest absolute Gasteiger partial charge is 0.253 e. The molecule has 5 nitrogen and oxygen atoms in total. The van der Waals surface area contributed by atoms with Crippen molar-refractivity contribution in [3.05, 3.63) is 53.7 Å². The van der Waals surface area contributed by atoms with Crippen LogP contribution in [0.25, 0.3) is 22.3 Å². The molecule has 0 unspecified atom stereocenters. The summed E-state index contributed by atoms with van der Waals surface area (Å²) in [6.45, 7) is 0. The van der Waals surface area contributed by atoms with Crippen molar-refractivity contribution in [2.45, 2.75) is 31.7 Å². The van der Waals surface area contributed by atoms with E-state index in [1.165, 1.54) is 12.8 Å². The van der Waals surface area contributed by atoms with Crippen molar-refractivity contribution in [3.8, 4) is 17.3 Å². The molecular formula is C21H20N4O. The quantitative estimate of drug-likeness (QED) is 0.777. The summed E-state index contributed by atoms with van der Waals surface area (Å²) in [5.74, 6) is 0.0734. The second-order valence-electron chi connectivity index (χ2n) is 6.84. The molecule has 1 amide bonds. The molecule has 3 aromatic rings. The fourth-order valence-electron chi connectivity index (χ4n) is 3.69. The summed E-state index contributed by atoms with van der Waals surface area (Å²) < 4.78 is 0. The van der Waals surface area contributed by atoms with Crippen molar-refractivity contribution in [1.82, 2.24) is 14.9 Å². The molecule has 0 aliphatic heterocycles. The minimum atomic E-state index is 0.0734. The molecule has 2 aromatic heterocycles. The number of rotatable bonds is 3. The van der Waals surface area contributed by atoms with Crippen molar-refractivity contribution < 1.29 is 4.79 Å². The summed E-state index contributed by atoms with van der Waals surface area (Å²) in [6, 6.07) is 13.9. The molecule has 1 aliphatic rings. The molecule has 0 spiro atoms.